The molecule has 0 saturated heterocycles. The molecular weight excluding hydrogens is 294 g/mol. The third-order valence-electron chi connectivity index (χ3n) is 3.84. The third-order valence-corrected chi connectivity index (χ3v) is 3.84. The van der Waals surface area contributed by atoms with Crippen molar-refractivity contribution in [3.63, 3.8) is 0 Å². The molecule has 2 unspecified atom stereocenters. The summed E-state index contributed by atoms with van der Waals surface area (Å²) in [5.41, 5.74) is 0.962. The SMILES string of the molecule is CCC(C)C(C(=O)Nc1ccn(CC(=O)O)n1)c1ccccc1. The number of aliphatic carboxylic acids is 1. The number of benzene rings is 1. The predicted molar refractivity (Wildman–Crippen MR) is 87.1 cm³/mol. The van der Waals surface area contributed by atoms with Crippen LogP contribution in [0.5, 0.6) is 0 Å². The van der Waals surface area contributed by atoms with Crippen LogP contribution < -0.4 is 5.32 Å². The third kappa shape index (κ3) is 4.42. The molecule has 2 aromatic rings. The fourth-order valence-electron chi connectivity index (χ4n) is 2.49. The van der Waals surface area contributed by atoms with Gasteiger partial charge in [0.05, 0.1) is 5.92 Å². The maximum atomic E-state index is 12.7. The molecule has 122 valence electrons. The van der Waals surface area contributed by atoms with Crippen molar-refractivity contribution in [1.29, 1.82) is 0 Å². The number of carbonyl (C=O) groups excluding carboxylic acids is 1. The molecule has 0 aliphatic carbocycles. The number of carbonyl (C=O) groups is 2. The average Bonchev–Trinajstić information content (AvgIpc) is 2.94. The number of nitrogens with one attached hydrogen (secondary N) is 1. The Morgan fingerprint density at radius 2 is 1.96 bits per heavy atom. The number of amides is 1. The van der Waals surface area contributed by atoms with Crippen molar-refractivity contribution in [3.05, 3.63) is 48.2 Å². The Kier molecular flexibility index (Phi) is 5.51. The molecule has 0 saturated carbocycles. The highest BCUT2D eigenvalue weighted by molar-refractivity contribution is 5.95. The second kappa shape index (κ2) is 7.58. The van der Waals surface area contributed by atoms with Crippen molar-refractivity contribution in [2.75, 3.05) is 5.32 Å². The van der Waals surface area contributed by atoms with Crippen molar-refractivity contribution < 1.29 is 14.7 Å². The Morgan fingerprint density at radius 1 is 1.26 bits per heavy atom. The number of anilines is 1. The number of nitrogens with zero attached hydrogens (tertiary/aromatic N) is 2. The topological polar surface area (TPSA) is 84.2 Å². The molecule has 1 aromatic heterocycles. The lowest BCUT2D eigenvalue weighted by Crippen LogP contribution is -2.26. The zero-order valence-corrected chi connectivity index (χ0v) is 13.3. The summed E-state index contributed by atoms with van der Waals surface area (Å²) < 4.78 is 1.28. The molecule has 0 aliphatic heterocycles. The maximum Gasteiger partial charge on any atom is 0.325 e. The van der Waals surface area contributed by atoms with Gasteiger partial charge in [-0.1, -0.05) is 50.6 Å². The van der Waals surface area contributed by atoms with E-state index in [9.17, 15) is 9.59 Å². The first-order valence-electron chi connectivity index (χ1n) is 7.62. The monoisotopic (exact) mass is 315 g/mol. The largest absolute Gasteiger partial charge is 0.480 e. The minimum atomic E-state index is -0.979. The smallest absolute Gasteiger partial charge is 0.325 e. The number of aromatic nitrogens is 2. The van der Waals surface area contributed by atoms with Crippen molar-refractivity contribution >= 4 is 17.7 Å². The van der Waals surface area contributed by atoms with Gasteiger partial charge in [0.2, 0.25) is 5.91 Å². The molecule has 6 nitrogen and oxygen atoms in total. The molecule has 23 heavy (non-hydrogen) atoms. The fraction of sp³-hybridized carbons (Fsp3) is 0.353. The van der Waals surface area contributed by atoms with Gasteiger partial charge in [-0.15, -0.1) is 0 Å². The fourth-order valence-corrected chi connectivity index (χ4v) is 2.49. The maximum absolute atomic E-state index is 12.7. The highest BCUT2D eigenvalue weighted by atomic mass is 16.4. The van der Waals surface area contributed by atoms with Gasteiger partial charge in [-0.2, -0.15) is 5.10 Å². The average molecular weight is 315 g/mol. The number of hydrogen-bond donors (Lipinski definition) is 2. The second-order valence-corrected chi connectivity index (χ2v) is 5.56. The van der Waals surface area contributed by atoms with Gasteiger partial charge in [0, 0.05) is 12.3 Å². The normalized spacial score (nSPS) is 13.3. The molecule has 1 aromatic carbocycles. The first-order valence-corrected chi connectivity index (χ1v) is 7.62. The molecular formula is C17H21N3O3. The lowest BCUT2D eigenvalue weighted by Gasteiger charge is -2.22. The second-order valence-electron chi connectivity index (χ2n) is 5.56. The Hall–Kier alpha value is -2.63. The Labute approximate surface area is 135 Å². The van der Waals surface area contributed by atoms with Crippen molar-refractivity contribution in [2.45, 2.75) is 32.7 Å². The van der Waals surface area contributed by atoms with Crippen LogP contribution in [0.1, 0.15) is 31.7 Å². The van der Waals surface area contributed by atoms with Crippen LogP contribution >= 0.6 is 0 Å². The van der Waals surface area contributed by atoms with Gasteiger partial charge >= 0.3 is 5.97 Å². The molecule has 1 amide bonds. The van der Waals surface area contributed by atoms with Crippen LogP contribution in [-0.4, -0.2) is 26.8 Å². The van der Waals surface area contributed by atoms with E-state index in [1.807, 2.05) is 37.3 Å². The summed E-state index contributed by atoms with van der Waals surface area (Å²) >= 11 is 0. The van der Waals surface area contributed by atoms with E-state index >= 15 is 0 Å². The molecule has 0 fully saturated rings. The highest BCUT2D eigenvalue weighted by Crippen LogP contribution is 2.28. The van der Waals surface area contributed by atoms with E-state index in [1.165, 1.54) is 10.9 Å². The Bertz CT molecular complexity index is 667. The van der Waals surface area contributed by atoms with Crippen LogP contribution in [0.4, 0.5) is 5.82 Å². The van der Waals surface area contributed by atoms with Gasteiger partial charge in [0.25, 0.3) is 0 Å². The van der Waals surface area contributed by atoms with Gasteiger partial charge in [0.15, 0.2) is 5.82 Å². The van der Waals surface area contributed by atoms with Gasteiger partial charge in [-0.3, -0.25) is 14.3 Å². The first-order chi connectivity index (χ1) is 11.0. The summed E-state index contributed by atoms with van der Waals surface area (Å²) in [6, 6.07) is 11.2. The van der Waals surface area contributed by atoms with Gasteiger partial charge in [-0.25, -0.2) is 0 Å². The summed E-state index contributed by atoms with van der Waals surface area (Å²) in [6.07, 6.45) is 2.41. The Morgan fingerprint density at radius 3 is 2.57 bits per heavy atom. The zero-order valence-electron chi connectivity index (χ0n) is 13.3. The van der Waals surface area contributed by atoms with E-state index in [0.717, 1.165) is 12.0 Å². The minimum Gasteiger partial charge on any atom is -0.480 e. The van der Waals surface area contributed by atoms with Gasteiger partial charge < -0.3 is 10.4 Å². The van der Waals surface area contributed by atoms with Crippen LogP contribution in [0.2, 0.25) is 0 Å². The van der Waals surface area contributed by atoms with Crippen molar-refractivity contribution in [2.24, 2.45) is 5.92 Å². The Balaban J connectivity index is 2.15. The molecule has 2 atom stereocenters. The zero-order chi connectivity index (χ0) is 16.8. The van der Waals surface area contributed by atoms with Gasteiger partial charge in [0.1, 0.15) is 6.54 Å². The van der Waals surface area contributed by atoms with E-state index in [0.29, 0.717) is 5.82 Å². The van der Waals surface area contributed by atoms with Crippen molar-refractivity contribution in [1.82, 2.24) is 9.78 Å². The molecule has 0 bridgehead atoms. The molecule has 0 radical (unpaired) electrons. The quantitative estimate of drug-likeness (QED) is 0.823. The summed E-state index contributed by atoms with van der Waals surface area (Å²) in [7, 11) is 0. The van der Waals surface area contributed by atoms with E-state index in [-0.39, 0.29) is 24.3 Å². The van der Waals surface area contributed by atoms with E-state index < -0.39 is 5.97 Å². The predicted octanol–water partition coefficient (Wildman–Crippen LogP) is 2.74. The summed E-state index contributed by atoms with van der Waals surface area (Å²) in [5, 5.41) is 15.6. The van der Waals surface area contributed by atoms with Crippen LogP contribution in [-0.2, 0) is 16.1 Å². The highest BCUT2D eigenvalue weighted by Gasteiger charge is 2.26. The van der Waals surface area contributed by atoms with Crippen molar-refractivity contribution in [3.8, 4) is 0 Å². The standard InChI is InChI=1S/C17H21N3O3/c1-3-12(2)16(13-7-5-4-6-8-13)17(23)18-14-9-10-20(19-14)11-15(21)22/h4-10,12,16H,3,11H2,1-2H3,(H,21,22)(H,18,19,23). The lowest BCUT2D eigenvalue weighted by molar-refractivity contribution is -0.137. The molecule has 1 heterocycles. The molecule has 2 rings (SSSR count). The van der Waals surface area contributed by atoms with E-state index in [4.69, 9.17) is 5.11 Å². The summed E-state index contributed by atoms with van der Waals surface area (Å²) in [5.74, 6) is -0.844. The molecule has 0 spiro atoms. The van der Waals surface area contributed by atoms with E-state index in [1.54, 1.807) is 6.07 Å². The molecule has 2 N–H and O–H groups in total. The molecule has 6 heteroatoms. The number of hydrogen-bond acceptors (Lipinski definition) is 3. The minimum absolute atomic E-state index is 0.133. The lowest BCUT2D eigenvalue weighted by atomic mass is 9.85. The summed E-state index contributed by atoms with van der Waals surface area (Å²) in [6.45, 7) is 3.86. The number of rotatable bonds is 7. The summed E-state index contributed by atoms with van der Waals surface area (Å²) in [4.78, 5) is 23.3. The van der Waals surface area contributed by atoms with Crippen LogP contribution in [0.15, 0.2) is 42.6 Å². The number of carboxylic acids is 1. The van der Waals surface area contributed by atoms with E-state index in [2.05, 4.69) is 17.3 Å². The molecule has 0 aliphatic rings. The number of carboxylic acid groups (broad SMARTS) is 1. The van der Waals surface area contributed by atoms with Crippen LogP contribution in [0, 0.1) is 5.92 Å². The van der Waals surface area contributed by atoms with Gasteiger partial charge in [-0.05, 0) is 11.5 Å². The van der Waals surface area contributed by atoms with Crippen LogP contribution in [0.3, 0.4) is 0 Å². The first kappa shape index (κ1) is 16.7. The van der Waals surface area contributed by atoms with Crippen LogP contribution in [0.25, 0.3) is 0 Å².